The van der Waals surface area contributed by atoms with Gasteiger partial charge in [-0.1, -0.05) is 0 Å². The zero-order valence-corrected chi connectivity index (χ0v) is 9.20. The number of nitrogens with zero attached hydrogens (tertiary/aromatic N) is 2. The molecule has 0 spiro atoms. The van der Waals surface area contributed by atoms with Crippen LogP contribution in [0, 0.1) is 11.8 Å². The lowest BCUT2D eigenvalue weighted by molar-refractivity contribution is 0.00162. The molecule has 3 heteroatoms. The molecule has 2 aliphatic heterocycles. The number of morpholine rings is 1. The Morgan fingerprint density at radius 3 is 2.29 bits per heavy atom. The number of hydrogen-bond acceptors (Lipinski definition) is 3. The highest BCUT2D eigenvalue weighted by Gasteiger charge is 2.67. The van der Waals surface area contributed by atoms with Gasteiger partial charge in [-0.2, -0.15) is 0 Å². The summed E-state index contributed by atoms with van der Waals surface area (Å²) in [5.41, 5.74) is 0.524. The molecule has 0 N–H and O–H groups in total. The Morgan fingerprint density at radius 2 is 1.71 bits per heavy atom. The summed E-state index contributed by atoms with van der Waals surface area (Å²) in [7, 11) is 2.24. The third-order valence-electron chi connectivity index (χ3n) is 4.59. The first kappa shape index (κ1) is 9.13. The van der Waals surface area contributed by atoms with E-state index < -0.39 is 0 Å². The molecular formula is C11H20N2O. The maximum absolute atomic E-state index is 5.41. The fourth-order valence-corrected chi connectivity index (χ4v) is 3.57. The molecule has 1 saturated carbocycles. The molecule has 3 atom stereocenters. The van der Waals surface area contributed by atoms with Crippen LogP contribution in [0.2, 0.25) is 0 Å². The SMILES string of the molecule is CN1C[C@@H]2[C@H](C1)C2(C)N1CCOCC1. The Morgan fingerprint density at radius 1 is 1.14 bits per heavy atom. The maximum Gasteiger partial charge on any atom is 0.0594 e. The number of hydrogen-bond donors (Lipinski definition) is 0. The predicted molar refractivity (Wildman–Crippen MR) is 55.3 cm³/mol. The van der Waals surface area contributed by atoms with E-state index in [1.54, 1.807) is 0 Å². The van der Waals surface area contributed by atoms with E-state index >= 15 is 0 Å². The molecule has 0 aromatic heterocycles. The fraction of sp³-hybridized carbons (Fsp3) is 1.00. The third kappa shape index (κ3) is 1.09. The molecule has 0 amide bonds. The lowest BCUT2D eigenvalue weighted by Gasteiger charge is -2.36. The van der Waals surface area contributed by atoms with Crippen molar-refractivity contribution in [3.05, 3.63) is 0 Å². The van der Waals surface area contributed by atoms with E-state index in [0.29, 0.717) is 5.54 Å². The Balaban J connectivity index is 1.68. The van der Waals surface area contributed by atoms with Crippen LogP contribution in [0.3, 0.4) is 0 Å². The Hall–Kier alpha value is -0.120. The van der Waals surface area contributed by atoms with Crippen LogP contribution in [0.4, 0.5) is 0 Å². The first-order valence-corrected chi connectivity index (χ1v) is 5.74. The smallest absolute Gasteiger partial charge is 0.0594 e. The standard InChI is InChI=1S/C11H20N2O/c1-11(13-3-5-14-6-4-13)9-7-12(2)8-10(9)11/h9-10H,3-8H2,1-2H3/t9-,10+,11?. The molecule has 3 aliphatic rings. The zero-order chi connectivity index (χ0) is 9.76. The summed E-state index contributed by atoms with van der Waals surface area (Å²) in [6.45, 7) is 9.23. The van der Waals surface area contributed by atoms with Crippen molar-refractivity contribution in [3.63, 3.8) is 0 Å². The van der Waals surface area contributed by atoms with Gasteiger partial charge in [0.15, 0.2) is 0 Å². The predicted octanol–water partition coefficient (Wildman–Crippen LogP) is 0.269. The van der Waals surface area contributed by atoms with Crippen LogP contribution in [0.15, 0.2) is 0 Å². The molecule has 2 saturated heterocycles. The second kappa shape index (κ2) is 2.94. The van der Waals surface area contributed by atoms with Crippen LogP contribution in [0.1, 0.15) is 6.92 Å². The lowest BCUT2D eigenvalue weighted by Crippen LogP contribution is -2.48. The second-order valence-electron chi connectivity index (χ2n) is 5.26. The summed E-state index contributed by atoms with van der Waals surface area (Å²) in [6, 6.07) is 0. The molecule has 1 aliphatic carbocycles. The third-order valence-corrected chi connectivity index (χ3v) is 4.59. The van der Waals surface area contributed by atoms with Gasteiger partial charge in [0, 0.05) is 31.7 Å². The minimum Gasteiger partial charge on any atom is -0.379 e. The molecule has 1 unspecified atom stereocenters. The highest BCUT2D eigenvalue weighted by molar-refractivity contribution is 5.20. The van der Waals surface area contributed by atoms with Crippen LogP contribution in [0.5, 0.6) is 0 Å². The van der Waals surface area contributed by atoms with E-state index in [1.165, 1.54) is 13.1 Å². The number of fused-ring (bicyclic) bond motifs is 1. The van der Waals surface area contributed by atoms with E-state index in [0.717, 1.165) is 38.1 Å². The van der Waals surface area contributed by atoms with E-state index in [4.69, 9.17) is 4.74 Å². The van der Waals surface area contributed by atoms with Crippen LogP contribution in [-0.4, -0.2) is 61.8 Å². The van der Waals surface area contributed by atoms with Gasteiger partial charge in [-0.05, 0) is 25.8 Å². The summed E-state index contributed by atoms with van der Waals surface area (Å²) >= 11 is 0. The number of likely N-dealkylation sites (tertiary alicyclic amines) is 1. The number of rotatable bonds is 1. The molecular weight excluding hydrogens is 176 g/mol. The van der Waals surface area contributed by atoms with Gasteiger partial charge < -0.3 is 9.64 Å². The van der Waals surface area contributed by atoms with Crippen molar-refractivity contribution in [1.29, 1.82) is 0 Å². The average molecular weight is 196 g/mol. The Labute approximate surface area is 86.0 Å². The van der Waals surface area contributed by atoms with Gasteiger partial charge in [-0.15, -0.1) is 0 Å². The molecule has 80 valence electrons. The first-order chi connectivity index (χ1) is 6.73. The van der Waals surface area contributed by atoms with Crippen molar-refractivity contribution < 1.29 is 4.74 Å². The molecule has 3 rings (SSSR count). The summed E-state index contributed by atoms with van der Waals surface area (Å²) in [4.78, 5) is 5.14. The summed E-state index contributed by atoms with van der Waals surface area (Å²) in [5, 5.41) is 0. The van der Waals surface area contributed by atoms with Gasteiger partial charge in [0.05, 0.1) is 13.2 Å². The van der Waals surface area contributed by atoms with Gasteiger partial charge in [0.2, 0.25) is 0 Å². The molecule has 0 radical (unpaired) electrons. The minimum absolute atomic E-state index is 0.524. The second-order valence-corrected chi connectivity index (χ2v) is 5.26. The van der Waals surface area contributed by atoms with Gasteiger partial charge in [-0.25, -0.2) is 0 Å². The topological polar surface area (TPSA) is 15.7 Å². The minimum atomic E-state index is 0.524. The zero-order valence-electron chi connectivity index (χ0n) is 9.20. The fourth-order valence-electron chi connectivity index (χ4n) is 3.57. The van der Waals surface area contributed by atoms with Crippen molar-refractivity contribution in [2.45, 2.75) is 12.5 Å². The molecule has 2 heterocycles. The van der Waals surface area contributed by atoms with Crippen LogP contribution >= 0.6 is 0 Å². The summed E-state index contributed by atoms with van der Waals surface area (Å²) in [6.07, 6.45) is 0. The highest BCUT2D eigenvalue weighted by Crippen LogP contribution is 2.58. The van der Waals surface area contributed by atoms with Crippen molar-refractivity contribution in [2.75, 3.05) is 46.4 Å². The van der Waals surface area contributed by atoms with Crippen molar-refractivity contribution in [1.82, 2.24) is 9.80 Å². The maximum atomic E-state index is 5.41. The molecule has 3 fully saturated rings. The van der Waals surface area contributed by atoms with Crippen LogP contribution in [-0.2, 0) is 4.74 Å². The van der Waals surface area contributed by atoms with E-state index in [2.05, 4.69) is 23.8 Å². The van der Waals surface area contributed by atoms with Gasteiger partial charge in [0.25, 0.3) is 0 Å². The van der Waals surface area contributed by atoms with Gasteiger partial charge >= 0.3 is 0 Å². The van der Waals surface area contributed by atoms with Crippen LogP contribution < -0.4 is 0 Å². The quantitative estimate of drug-likeness (QED) is 0.598. The molecule has 3 nitrogen and oxygen atoms in total. The summed E-state index contributed by atoms with van der Waals surface area (Å²) < 4.78 is 5.41. The van der Waals surface area contributed by atoms with E-state index in [9.17, 15) is 0 Å². The van der Waals surface area contributed by atoms with Gasteiger partial charge in [-0.3, -0.25) is 4.90 Å². The van der Waals surface area contributed by atoms with Crippen molar-refractivity contribution in [3.8, 4) is 0 Å². The van der Waals surface area contributed by atoms with Crippen molar-refractivity contribution in [2.24, 2.45) is 11.8 Å². The monoisotopic (exact) mass is 196 g/mol. The molecule has 14 heavy (non-hydrogen) atoms. The summed E-state index contributed by atoms with van der Waals surface area (Å²) in [5.74, 6) is 1.87. The Kier molecular flexibility index (Phi) is 1.92. The normalized spacial score (nSPS) is 49.3. The van der Waals surface area contributed by atoms with Gasteiger partial charge in [0.1, 0.15) is 0 Å². The first-order valence-electron chi connectivity index (χ1n) is 5.74. The number of piperidine rings is 1. The number of ether oxygens (including phenoxy) is 1. The molecule has 0 bridgehead atoms. The molecule has 0 aromatic rings. The van der Waals surface area contributed by atoms with E-state index in [1.807, 2.05) is 0 Å². The van der Waals surface area contributed by atoms with Crippen molar-refractivity contribution >= 4 is 0 Å². The average Bonchev–Trinajstić information content (AvgIpc) is 2.62. The highest BCUT2D eigenvalue weighted by atomic mass is 16.5. The largest absolute Gasteiger partial charge is 0.379 e. The lowest BCUT2D eigenvalue weighted by atomic mass is 10.1. The van der Waals surface area contributed by atoms with E-state index in [-0.39, 0.29) is 0 Å². The van der Waals surface area contributed by atoms with Crippen LogP contribution in [0.25, 0.3) is 0 Å². The molecule has 0 aromatic carbocycles. The Bertz CT molecular complexity index is 225.